The highest BCUT2D eigenvalue weighted by Crippen LogP contribution is 2.04. The number of carbonyl (C=O) groups excluding carboxylic acids is 1. The van der Waals surface area contributed by atoms with E-state index in [-0.39, 0.29) is 6.04 Å². The Kier molecular flexibility index (Phi) is 8.62. The highest BCUT2D eigenvalue weighted by molar-refractivity contribution is 5.83. The molecule has 0 unspecified atom stereocenters. The SMILES string of the molecule is CCC(=O)[C@@H](C)N(C)CCCCCCN. The Morgan fingerprint density at radius 3 is 2.40 bits per heavy atom. The molecule has 0 rings (SSSR count). The molecule has 0 radical (unpaired) electrons. The summed E-state index contributed by atoms with van der Waals surface area (Å²) in [6.07, 6.45) is 5.35. The maximum absolute atomic E-state index is 11.4. The van der Waals surface area contributed by atoms with Gasteiger partial charge in [-0.15, -0.1) is 0 Å². The molecule has 0 aromatic rings. The van der Waals surface area contributed by atoms with Gasteiger partial charge in [-0.2, -0.15) is 0 Å². The first-order chi connectivity index (χ1) is 7.13. The number of ketones is 1. The van der Waals surface area contributed by atoms with Gasteiger partial charge in [-0.3, -0.25) is 9.69 Å². The van der Waals surface area contributed by atoms with Gasteiger partial charge in [-0.05, 0) is 39.9 Å². The van der Waals surface area contributed by atoms with Gasteiger partial charge in [0.2, 0.25) is 0 Å². The minimum Gasteiger partial charge on any atom is -0.330 e. The molecule has 0 fully saturated rings. The molecule has 0 spiro atoms. The standard InChI is InChI=1S/C12H26N2O/c1-4-12(15)11(2)14(3)10-8-6-5-7-9-13/h11H,4-10,13H2,1-3H3/t11-/m1/s1. The van der Waals surface area contributed by atoms with Crippen LogP contribution in [0.3, 0.4) is 0 Å². The maximum Gasteiger partial charge on any atom is 0.149 e. The predicted octanol–water partition coefficient (Wildman–Crippen LogP) is 1.80. The van der Waals surface area contributed by atoms with Gasteiger partial charge in [0, 0.05) is 6.42 Å². The van der Waals surface area contributed by atoms with Gasteiger partial charge in [0.25, 0.3) is 0 Å². The van der Waals surface area contributed by atoms with Gasteiger partial charge >= 0.3 is 0 Å². The lowest BCUT2D eigenvalue weighted by molar-refractivity contribution is -0.123. The molecule has 2 N–H and O–H groups in total. The van der Waals surface area contributed by atoms with Crippen molar-refractivity contribution in [2.75, 3.05) is 20.1 Å². The minimum atomic E-state index is 0.0736. The van der Waals surface area contributed by atoms with Gasteiger partial charge in [0.1, 0.15) is 5.78 Å². The first-order valence-corrected chi connectivity index (χ1v) is 6.06. The third-order valence-electron chi connectivity index (χ3n) is 2.94. The molecule has 0 bridgehead atoms. The summed E-state index contributed by atoms with van der Waals surface area (Å²) in [7, 11) is 2.03. The fraction of sp³-hybridized carbons (Fsp3) is 0.917. The summed E-state index contributed by atoms with van der Waals surface area (Å²) in [6.45, 7) is 5.72. The van der Waals surface area contributed by atoms with E-state index in [1.807, 2.05) is 20.9 Å². The Morgan fingerprint density at radius 2 is 1.87 bits per heavy atom. The van der Waals surface area contributed by atoms with Crippen LogP contribution in [0.4, 0.5) is 0 Å². The van der Waals surface area contributed by atoms with E-state index in [2.05, 4.69) is 4.90 Å². The highest BCUT2D eigenvalue weighted by Gasteiger charge is 2.14. The molecular formula is C12H26N2O. The summed E-state index contributed by atoms with van der Waals surface area (Å²) in [4.78, 5) is 13.6. The summed E-state index contributed by atoms with van der Waals surface area (Å²) < 4.78 is 0. The first kappa shape index (κ1) is 14.6. The molecule has 0 aliphatic carbocycles. The van der Waals surface area contributed by atoms with Crippen LogP contribution < -0.4 is 5.73 Å². The number of carbonyl (C=O) groups is 1. The van der Waals surface area contributed by atoms with Crippen molar-refractivity contribution in [1.82, 2.24) is 4.90 Å². The number of nitrogens with two attached hydrogens (primary N) is 1. The van der Waals surface area contributed by atoms with Crippen LogP contribution in [0.25, 0.3) is 0 Å². The third-order valence-corrected chi connectivity index (χ3v) is 2.94. The zero-order chi connectivity index (χ0) is 11.7. The minimum absolute atomic E-state index is 0.0736. The normalized spacial score (nSPS) is 13.1. The number of rotatable bonds is 9. The number of likely N-dealkylation sites (N-methyl/N-ethyl adjacent to an activating group) is 1. The summed E-state index contributed by atoms with van der Waals surface area (Å²) in [5.41, 5.74) is 5.42. The number of hydrogen-bond donors (Lipinski definition) is 1. The molecular weight excluding hydrogens is 188 g/mol. The zero-order valence-corrected chi connectivity index (χ0v) is 10.5. The molecule has 3 heteroatoms. The number of hydrogen-bond acceptors (Lipinski definition) is 3. The Morgan fingerprint density at radius 1 is 1.27 bits per heavy atom. The van der Waals surface area contributed by atoms with Crippen molar-refractivity contribution < 1.29 is 4.79 Å². The van der Waals surface area contributed by atoms with Crippen molar-refractivity contribution in [3.8, 4) is 0 Å². The lowest BCUT2D eigenvalue weighted by Crippen LogP contribution is -2.36. The van der Waals surface area contributed by atoms with E-state index in [4.69, 9.17) is 5.73 Å². The van der Waals surface area contributed by atoms with E-state index in [0.29, 0.717) is 12.2 Å². The molecule has 0 amide bonds. The molecule has 0 heterocycles. The maximum atomic E-state index is 11.4. The predicted molar refractivity (Wildman–Crippen MR) is 64.9 cm³/mol. The van der Waals surface area contributed by atoms with Gasteiger partial charge < -0.3 is 5.73 Å². The monoisotopic (exact) mass is 214 g/mol. The van der Waals surface area contributed by atoms with Crippen molar-refractivity contribution in [2.45, 2.75) is 52.0 Å². The number of unbranched alkanes of at least 4 members (excludes halogenated alkanes) is 3. The number of nitrogens with zero attached hydrogens (tertiary/aromatic N) is 1. The third kappa shape index (κ3) is 6.63. The Bertz CT molecular complexity index is 171. The highest BCUT2D eigenvalue weighted by atomic mass is 16.1. The van der Waals surface area contributed by atoms with Gasteiger partial charge in [-0.1, -0.05) is 19.8 Å². The van der Waals surface area contributed by atoms with Crippen LogP contribution in [0.1, 0.15) is 46.0 Å². The van der Waals surface area contributed by atoms with Crippen molar-refractivity contribution in [3.05, 3.63) is 0 Å². The Labute approximate surface area is 94.0 Å². The van der Waals surface area contributed by atoms with E-state index in [1.54, 1.807) is 0 Å². The zero-order valence-electron chi connectivity index (χ0n) is 10.5. The van der Waals surface area contributed by atoms with Crippen LogP contribution in [0.15, 0.2) is 0 Å². The van der Waals surface area contributed by atoms with Crippen LogP contribution in [0, 0.1) is 0 Å². The van der Waals surface area contributed by atoms with E-state index in [1.165, 1.54) is 12.8 Å². The lowest BCUT2D eigenvalue weighted by Gasteiger charge is -2.22. The molecule has 0 saturated heterocycles. The molecule has 3 nitrogen and oxygen atoms in total. The molecule has 0 aliphatic rings. The largest absolute Gasteiger partial charge is 0.330 e. The van der Waals surface area contributed by atoms with Crippen LogP contribution in [-0.2, 0) is 4.79 Å². The van der Waals surface area contributed by atoms with E-state index in [9.17, 15) is 4.79 Å². The topological polar surface area (TPSA) is 46.3 Å². The van der Waals surface area contributed by atoms with Crippen molar-refractivity contribution in [1.29, 1.82) is 0 Å². The van der Waals surface area contributed by atoms with E-state index < -0.39 is 0 Å². The van der Waals surface area contributed by atoms with Crippen LogP contribution in [-0.4, -0.2) is 36.9 Å². The van der Waals surface area contributed by atoms with Gasteiger partial charge in [-0.25, -0.2) is 0 Å². The second-order valence-electron chi connectivity index (χ2n) is 4.18. The van der Waals surface area contributed by atoms with E-state index in [0.717, 1.165) is 25.9 Å². The van der Waals surface area contributed by atoms with Gasteiger partial charge in [0.15, 0.2) is 0 Å². The summed E-state index contributed by atoms with van der Waals surface area (Å²) in [5.74, 6) is 0.333. The second kappa shape index (κ2) is 8.86. The van der Waals surface area contributed by atoms with Crippen LogP contribution in [0.2, 0.25) is 0 Å². The second-order valence-corrected chi connectivity index (χ2v) is 4.18. The average Bonchev–Trinajstić information content (AvgIpc) is 2.26. The molecule has 90 valence electrons. The quantitative estimate of drug-likeness (QED) is 0.595. The van der Waals surface area contributed by atoms with Crippen molar-refractivity contribution in [3.63, 3.8) is 0 Å². The van der Waals surface area contributed by atoms with Crippen LogP contribution >= 0.6 is 0 Å². The van der Waals surface area contributed by atoms with Gasteiger partial charge in [0.05, 0.1) is 6.04 Å². The Hall–Kier alpha value is -0.410. The van der Waals surface area contributed by atoms with Crippen LogP contribution in [0.5, 0.6) is 0 Å². The summed E-state index contributed by atoms with van der Waals surface area (Å²) in [5, 5.41) is 0. The molecule has 0 aromatic heterocycles. The molecule has 0 aliphatic heterocycles. The fourth-order valence-corrected chi connectivity index (χ4v) is 1.59. The average molecular weight is 214 g/mol. The molecule has 15 heavy (non-hydrogen) atoms. The van der Waals surface area contributed by atoms with E-state index >= 15 is 0 Å². The summed E-state index contributed by atoms with van der Waals surface area (Å²) in [6, 6.07) is 0.0736. The summed E-state index contributed by atoms with van der Waals surface area (Å²) >= 11 is 0. The molecule has 0 saturated carbocycles. The Balaban J connectivity index is 3.55. The molecule has 1 atom stereocenters. The fourth-order valence-electron chi connectivity index (χ4n) is 1.59. The smallest absolute Gasteiger partial charge is 0.149 e. The lowest BCUT2D eigenvalue weighted by atomic mass is 10.1. The van der Waals surface area contributed by atoms with Crippen molar-refractivity contribution in [2.24, 2.45) is 5.73 Å². The molecule has 0 aromatic carbocycles. The first-order valence-electron chi connectivity index (χ1n) is 6.06. The number of Topliss-reactive ketones (excluding diaryl/α,β-unsaturated/α-hetero) is 1. The van der Waals surface area contributed by atoms with Crippen molar-refractivity contribution >= 4 is 5.78 Å².